The Bertz CT molecular complexity index is 474. The highest BCUT2D eigenvalue weighted by atomic mass is 79.9. The molecule has 6 heteroatoms. The largest absolute Gasteiger partial charge is 0.355 e. The normalized spacial score (nSPS) is 10.5. The maximum absolute atomic E-state index is 11.9. The zero-order valence-electron chi connectivity index (χ0n) is 12.7. The van der Waals surface area contributed by atoms with Crippen LogP contribution in [0.2, 0.25) is 0 Å². The Morgan fingerprint density at radius 1 is 1.19 bits per heavy atom. The van der Waals surface area contributed by atoms with E-state index in [1.165, 1.54) is 11.8 Å². The third-order valence-corrected chi connectivity index (χ3v) is 3.45. The van der Waals surface area contributed by atoms with E-state index in [9.17, 15) is 9.59 Å². The highest BCUT2D eigenvalue weighted by Crippen LogP contribution is 2.18. The van der Waals surface area contributed by atoms with E-state index in [0.29, 0.717) is 12.2 Å². The van der Waals surface area contributed by atoms with Crippen LogP contribution in [-0.4, -0.2) is 50.4 Å². The van der Waals surface area contributed by atoms with E-state index in [4.69, 9.17) is 0 Å². The number of nitrogens with zero attached hydrogens (tertiary/aromatic N) is 2. The van der Waals surface area contributed by atoms with Crippen LogP contribution in [-0.2, 0) is 9.59 Å². The first kappa shape index (κ1) is 17.7. The van der Waals surface area contributed by atoms with Crippen molar-refractivity contribution in [3.05, 3.63) is 28.7 Å². The smallest absolute Gasteiger partial charge is 0.240 e. The highest BCUT2D eigenvalue weighted by Gasteiger charge is 2.15. The van der Waals surface area contributed by atoms with Gasteiger partial charge in [0.25, 0.3) is 0 Å². The van der Waals surface area contributed by atoms with Crippen molar-refractivity contribution in [1.82, 2.24) is 10.2 Å². The van der Waals surface area contributed by atoms with Crippen LogP contribution >= 0.6 is 15.9 Å². The Morgan fingerprint density at radius 3 is 2.33 bits per heavy atom. The van der Waals surface area contributed by atoms with Gasteiger partial charge in [-0.25, -0.2) is 0 Å². The lowest BCUT2D eigenvalue weighted by molar-refractivity contribution is -0.123. The number of carbonyl (C=O) groups is 2. The molecule has 1 aromatic carbocycles. The Hall–Kier alpha value is -1.40. The molecule has 21 heavy (non-hydrogen) atoms. The van der Waals surface area contributed by atoms with Gasteiger partial charge in [0.1, 0.15) is 6.54 Å². The number of amides is 2. The summed E-state index contributed by atoms with van der Waals surface area (Å²) >= 11 is 3.35. The molecule has 0 saturated heterocycles. The van der Waals surface area contributed by atoms with Crippen molar-refractivity contribution in [1.29, 1.82) is 0 Å². The average molecular weight is 356 g/mol. The molecule has 0 radical (unpaired) electrons. The second-order valence-corrected chi connectivity index (χ2v) is 6.00. The van der Waals surface area contributed by atoms with Gasteiger partial charge in [0.15, 0.2) is 0 Å². The lowest BCUT2D eigenvalue weighted by Crippen LogP contribution is -2.40. The molecule has 0 aliphatic rings. The van der Waals surface area contributed by atoms with Crippen LogP contribution in [0.3, 0.4) is 0 Å². The number of carbonyl (C=O) groups excluding carboxylic acids is 2. The predicted molar refractivity (Wildman–Crippen MR) is 88.3 cm³/mol. The SMILES string of the molecule is CC(=O)N(CC(=O)NCCCN(C)C)c1ccc(Br)cc1. The standard InChI is InChI=1S/C15H22BrN3O2/c1-12(20)19(14-7-5-13(16)6-8-14)11-15(21)17-9-4-10-18(2)3/h5-8H,4,9-11H2,1-3H3,(H,17,21). The second-order valence-electron chi connectivity index (χ2n) is 5.09. The van der Waals surface area contributed by atoms with E-state index in [-0.39, 0.29) is 18.4 Å². The fourth-order valence-electron chi connectivity index (χ4n) is 1.83. The first-order chi connectivity index (χ1) is 9.90. The molecule has 0 aliphatic heterocycles. The Labute approximate surface area is 134 Å². The van der Waals surface area contributed by atoms with Gasteiger partial charge in [-0.15, -0.1) is 0 Å². The molecule has 0 fully saturated rings. The van der Waals surface area contributed by atoms with E-state index in [1.807, 2.05) is 38.4 Å². The minimum absolute atomic E-state index is 0.0406. The summed E-state index contributed by atoms with van der Waals surface area (Å²) in [5.41, 5.74) is 0.717. The lowest BCUT2D eigenvalue weighted by Gasteiger charge is -2.21. The summed E-state index contributed by atoms with van der Waals surface area (Å²) in [6.07, 6.45) is 0.886. The van der Waals surface area contributed by atoms with Gasteiger partial charge in [-0.1, -0.05) is 15.9 Å². The van der Waals surface area contributed by atoms with Crippen molar-refractivity contribution in [2.45, 2.75) is 13.3 Å². The Kier molecular flexibility index (Phi) is 7.39. The molecule has 1 N–H and O–H groups in total. The van der Waals surface area contributed by atoms with Crippen molar-refractivity contribution < 1.29 is 9.59 Å². The number of hydrogen-bond acceptors (Lipinski definition) is 3. The van der Waals surface area contributed by atoms with Gasteiger partial charge in [-0.2, -0.15) is 0 Å². The molecule has 5 nitrogen and oxygen atoms in total. The molecule has 0 heterocycles. The summed E-state index contributed by atoms with van der Waals surface area (Å²) in [5.74, 6) is -0.298. The molecule has 1 aromatic rings. The van der Waals surface area contributed by atoms with Crippen molar-refractivity contribution >= 4 is 33.4 Å². The summed E-state index contributed by atoms with van der Waals surface area (Å²) < 4.78 is 0.933. The number of nitrogens with one attached hydrogen (secondary N) is 1. The van der Waals surface area contributed by atoms with Gasteiger partial charge < -0.3 is 15.1 Å². The molecule has 0 atom stereocenters. The van der Waals surface area contributed by atoms with E-state index in [2.05, 4.69) is 26.1 Å². The topological polar surface area (TPSA) is 52.7 Å². The van der Waals surface area contributed by atoms with Gasteiger partial charge in [0.05, 0.1) is 0 Å². The maximum atomic E-state index is 11.9. The molecule has 0 bridgehead atoms. The first-order valence-electron chi connectivity index (χ1n) is 6.85. The minimum atomic E-state index is -0.152. The van der Waals surface area contributed by atoms with Gasteiger partial charge in [0, 0.05) is 23.6 Å². The molecule has 0 aromatic heterocycles. The van der Waals surface area contributed by atoms with Gasteiger partial charge in [0.2, 0.25) is 11.8 Å². The van der Waals surface area contributed by atoms with Crippen LogP contribution in [0.15, 0.2) is 28.7 Å². The zero-order valence-corrected chi connectivity index (χ0v) is 14.3. The predicted octanol–water partition coefficient (Wildman–Crippen LogP) is 1.87. The molecular weight excluding hydrogens is 334 g/mol. The van der Waals surface area contributed by atoms with Crippen LogP contribution < -0.4 is 10.2 Å². The van der Waals surface area contributed by atoms with E-state index in [1.54, 1.807) is 0 Å². The molecule has 0 aliphatic carbocycles. The number of hydrogen-bond donors (Lipinski definition) is 1. The van der Waals surface area contributed by atoms with Gasteiger partial charge in [-0.05, 0) is 51.3 Å². The fraction of sp³-hybridized carbons (Fsp3) is 0.467. The average Bonchev–Trinajstić information content (AvgIpc) is 2.41. The third-order valence-electron chi connectivity index (χ3n) is 2.92. The van der Waals surface area contributed by atoms with Crippen LogP contribution in [0.4, 0.5) is 5.69 Å². The summed E-state index contributed by atoms with van der Waals surface area (Å²) in [6.45, 7) is 3.03. The number of halogens is 1. The zero-order chi connectivity index (χ0) is 15.8. The van der Waals surface area contributed by atoms with Gasteiger partial charge in [-0.3, -0.25) is 9.59 Å². The second kappa shape index (κ2) is 8.79. The number of benzene rings is 1. The number of anilines is 1. The molecule has 0 unspecified atom stereocenters. The summed E-state index contributed by atoms with van der Waals surface area (Å²) in [7, 11) is 3.99. The summed E-state index contributed by atoms with van der Waals surface area (Å²) in [5, 5.41) is 2.84. The van der Waals surface area contributed by atoms with Crippen molar-refractivity contribution in [2.24, 2.45) is 0 Å². The molecule has 2 amide bonds. The van der Waals surface area contributed by atoms with Crippen molar-refractivity contribution in [3.63, 3.8) is 0 Å². The van der Waals surface area contributed by atoms with Crippen LogP contribution in [0.1, 0.15) is 13.3 Å². The molecule has 0 spiro atoms. The van der Waals surface area contributed by atoms with Crippen LogP contribution in [0.25, 0.3) is 0 Å². The third kappa shape index (κ3) is 6.73. The molecule has 116 valence electrons. The molecular formula is C15H22BrN3O2. The highest BCUT2D eigenvalue weighted by molar-refractivity contribution is 9.10. The Morgan fingerprint density at radius 2 is 1.81 bits per heavy atom. The molecule has 1 rings (SSSR count). The lowest BCUT2D eigenvalue weighted by atomic mass is 10.2. The number of rotatable bonds is 7. The van der Waals surface area contributed by atoms with Crippen LogP contribution in [0, 0.1) is 0 Å². The molecule has 0 saturated carbocycles. The van der Waals surface area contributed by atoms with Gasteiger partial charge >= 0.3 is 0 Å². The summed E-state index contributed by atoms with van der Waals surface area (Å²) in [4.78, 5) is 27.2. The van der Waals surface area contributed by atoms with E-state index < -0.39 is 0 Å². The van der Waals surface area contributed by atoms with E-state index >= 15 is 0 Å². The van der Waals surface area contributed by atoms with Crippen molar-refractivity contribution in [3.8, 4) is 0 Å². The maximum Gasteiger partial charge on any atom is 0.240 e. The minimum Gasteiger partial charge on any atom is -0.355 e. The van der Waals surface area contributed by atoms with Crippen molar-refractivity contribution in [2.75, 3.05) is 38.6 Å². The quantitative estimate of drug-likeness (QED) is 0.759. The monoisotopic (exact) mass is 355 g/mol. The van der Waals surface area contributed by atoms with E-state index in [0.717, 1.165) is 17.4 Å². The summed E-state index contributed by atoms with van der Waals surface area (Å²) in [6, 6.07) is 7.32. The fourth-order valence-corrected chi connectivity index (χ4v) is 2.09. The Balaban J connectivity index is 2.53. The first-order valence-corrected chi connectivity index (χ1v) is 7.64. The van der Waals surface area contributed by atoms with Crippen LogP contribution in [0.5, 0.6) is 0 Å².